The van der Waals surface area contributed by atoms with Crippen LogP contribution in [0.4, 0.5) is 0 Å². The summed E-state index contributed by atoms with van der Waals surface area (Å²) in [5.74, 6) is 0. The zero-order chi connectivity index (χ0) is 14.9. The maximum atomic E-state index is 5.98. The van der Waals surface area contributed by atoms with Crippen molar-refractivity contribution < 1.29 is 18.9 Å². The van der Waals surface area contributed by atoms with E-state index >= 15 is 0 Å². The molecule has 116 valence electrons. The van der Waals surface area contributed by atoms with Crippen molar-refractivity contribution in [3.8, 4) is 0 Å². The highest BCUT2D eigenvalue weighted by molar-refractivity contribution is 4.93. The smallest absolute Gasteiger partial charge is 0.176 e. The number of rotatable bonds is 11. The molecule has 2 unspecified atom stereocenters. The number of nitrogens with zero attached hydrogens (tertiary/aromatic N) is 1. The Labute approximate surface area is 117 Å². The molecule has 0 aromatic heterocycles. The van der Waals surface area contributed by atoms with E-state index in [-0.39, 0.29) is 6.04 Å². The standard InChI is InChI=1S/C13H30N2O4/c1-11(9-17-4)15(7-8-16-3)13(2,10-14)12(18-5)19-6/h11-12H,7-10,14H2,1-6H3. The molecule has 6 nitrogen and oxygen atoms in total. The predicted molar refractivity (Wildman–Crippen MR) is 75.2 cm³/mol. The lowest BCUT2D eigenvalue weighted by Gasteiger charge is -2.47. The Balaban J connectivity index is 5.12. The third-order valence-corrected chi connectivity index (χ3v) is 3.48. The first-order valence-electron chi connectivity index (χ1n) is 6.52. The van der Waals surface area contributed by atoms with E-state index in [4.69, 9.17) is 24.7 Å². The second-order valence-electron chi connectivity index (χ2n) is 4.86. The molecule has 0 radical (unpaired) electrons. The Hall–Kier alpha value is -0.240. The van der Waals surface area contributed by atoms with Crippen LogP contribution in [-0.4, -0.2) is 77.5 Å². The van der Waals surface area contributed by atoms with Crippen molar-refractivity contribution >= 4 is 0 Å². The normalized spacial score (nSPS) is 16.9. The minimum Gasteiger partial charge on any atom is -0.383 e. The van der Waals surface area contributed by atoms with Crippen LogP contribution < -0.4 is 5.73 Å². The number of hydrogen-bond acceptors (Lipinski definition) is 6. The average Bonchev–Trinajstić information content (AvgIpc) is 2.40. The molecule has 0 aromatic rings. The van der Waals surface area contributed by atoms with Gasteiger partial charge in [-0.05, 0) is 13.8 Å². The molecule has 0 spiro atoms. The fraction of sp³-hybridized carbons (Fsp3) is 1.00. The molecule has 0 saturated heterocycles. The van der Waals surface area contributed by atoms with Gasteiger partial charge in [0.15, 0.2) is 6.29 Å². The average molecular weight is 278 g/mol. The first-order valence-corrected chi connectivity index (χ1v) is 6.52. The van der Waals surface area contributed by atoms with Gasteiger partial charge in [-0.3, -0.25) is 4.90 Å². The van der Waals surface area contributed by atoms with E-state index in [1.165, 1.54) is 0 Å². The SMILES string of the molecule is COCCN(C(C)COC)C(C)(CN)C(OC)OC. The molecule has 2 N–H and O–H groups in total. The zero-order valence-electron chi connectivity index (χ0n) is 13.1. The van der Waals surface area contributed by atoms with E-state index < -0.39 is 11.8 Å². The van der Waals surface area contributed by atoms with E-state index in [1.54, 1.807) is 28.4 Å². The van der Waals surface area contributed by atoms with Crippen LogP contribution in [0.3, 0.4) is 0 Å². The van der Waals surface area contributed by atoms with Crippen molar-refractivity contribution in [2.45, 2.75) is 31.7 Å². The molecule has 0 fully saturated rings. The monoisotopic (exact) mass is 278 g/mol. The molecular weight excluding hydrogens is 248 g/mol. The quantitative estimate of drug-likeness (QED) is 0.549. The summed E-state index contributed by atoms with van der Waals surface area (Å²) < 4.78 is 21.3. The Kier molecular flexibility index (Phi) is 9.51. The molecule has 0 aliphatic rings. The molecule has 0 rings (SSSR count). The summed E-state index contributed by atoms with van der Waals surface area (Å²) in [5.41, 5.74) is 5.54. The molecule has 0 aliphatic heterocycles. The van der Waals surface area contributed by atoms with Gasteiger partial charge in [0, 0.05) is 47.6 Å². The van der Waals surface area contributed by atoms with Crippen molar-refractivity contribution in [3.63, 3.8) is 0 Å². The van der Waals surface area contributed by atoms with E-state index in [9.17, 15) is 0 Å². The summed E-state index contributed by atoms with van der Waals surface area (Å²) in [5, 5.41) is 0. The van der Waals surface area contributed by atoms with Crippen molar-refractivity contribution in [1.82, 2.24) is 4.90 Å². The molecule has 0 amide bonds. The van der Waals surface area contributed by atoms with Crippen molar-refractivity contribution in [2.75, 3.05) is 54.7 Å². The van der Waals surface area contributed by atoms with E-state index in [0.717, 1.165) is 6.54 Å². The van der Waals surface area contributed by atoms with Gasteiger partial charge in [0.05, 0.1) is 18.8 Å². The van der Waals surface area contributed by atoms with Crippen molar-refractivity contribution in [2.24, 2.45) is 5.73 Å². The topological polar surface area (TPSA) is 66.2 Å². The lowest BCUT2D eigenvalue weighted by molar-refractivity contribution is -0.191. The van der Waals surface area contributed by atoms with Crippen LogP contribution in [0.15, 0.2) is 0 Å². The number of nitrogens with two attached hydrogens (primary N) is 1. The van der Waals surface area contributed by atoms with Gasteiger partial charge in [0.2, 0.25) is 0 Å². The zero-order valence-corrected chi connectivity index (χ0v) is 13.1. The van der Waals surface area contributed by atoms with Crippen LogP contribution in [0.25, 0.3) is 0 Å². The summed E-state index contributed by atoms with van der Waals surface area (Å²) in [6.07, 6.45) is -0.409. The largest absolute Gasteiger partial charge is 0.383 e. The lowest BCUT2D eigenvalue weighted by Crippen LogP contribution is -2.64. The van der Waals surface area contributed by atoms with Gasteiger partial charge in [-0.1, -0.05) is 0 Å². The number of methoxy groups -OCH3 is 4. The van der Waals surface area contributed by atoms with Crippen LogP contribution in [0.5, 0.6) is 0 Å². The second kappa shape index (κ2) is 9.63. The maximum absolute atomic E-state index is 5.98. The highest BCUT2D eigenvalue weighted by Crippen LogP contribution is 2.24. The molecule has 0 aromatic carbocycles. The summed E-state index contributed by atoms with van der Waals surface area (Å²) in [7, 11) is 6.62. The molecule has 2 atom stereocenters. The highest BCUT2D eigenvalue weighted by atomic mass is 16.7. The Morgan fingerprint density at radius 3 is 2.05 bits per heavy atom. The summed E-state index contributed by atoms with van der Waals surface area (Å²) in [4.78, 5) is 2.22. The van der Waals surface area contributed by atoms with Gasteiger partial charge < -0.3 is 24.7 Å². The lowest BCUT2D eigenvalue weighted by atomic mass is 9.96. The summed E-state index contributed by atoms with van der Waals surface area (Å²) in [6.45, 7) is 6.50. The highest BCUT2D eigenvalue weighted by Gasteiger charge is 2.41. The number of ether oxygens (including phenoxy) is 4. The van der Waals surface area contributed by atoms with Gasteiger partial charge in [-0.2, -0.15) is 0 Å². The van der Waals surface area contributed by atoms with E-state index in [2.05, 4.69) is 11.8 Å². The van der Waals surface area contributed by atoms with Crippen molar-refractivity contribution in [3.05, 3.63) is 0 Å². The fourth-order valence-corrected chi connectivity index (χ4v) is 2.45. The van der Waals surface area contributed by atoms with Crippen LogP contribution in [0, 0.1) is 0 Å². The summed E-state index contributed by atoms with van der Waals surface area (Å²) in [6, 6.07) is 0.182. The van der Waals surface area contributed by atoms with Gasteiger partial charge in [-0.25, -0.2) is 0 Å². The maximum Gasteiger partial charge on any atom is 0.176 e. The Morgan fingerprint density at radius 2 is 1.68 bits per heavy atom. The minimum absolute atomic E-state index is 0.182. The van der Waals surface area contributed by atoms with Gasteiger partial charge in [0.25, 0.3) is 0 Å². The van der Waals surface area contributed by atoms with Crippen LogP contribution in [0.1, 0.15) is 13.8 Å². The van der Waals surface area contributed by atoms with Gasteiger partial charge >= 0.3 is 0 Å². The van der Waals surface area contributed by atoms with E-state index in [1.807, 2.05) is 6.92 Å². The Bertz CT molecular complexity index is 227. The van der Waals surface area contributed by atoms with Crippen LogP contribution in [-0.2, 0) is 18.9 Å². The molecule has 0 bridgehead atoms. The number of hydrogen-bond donors (Lipinski definition) is 1. The fourth-order valence-electron chi connectivity index (χ4n) is 2.45. The molecule has 0 heterocycles. The second-order valence-corrected chi connectivity index (χ2v) is 4.86. The Morgan fingerprint density at radius 1 is 1.11 bits per heavy atom. The molecular formula is C13H30N2O4. The van der Waals surface area contributed by atoms with Crippen LogP contribution >= 0.6 is 0 Å². The van der Waals surface area contributed by atoms with Gasteiger partial charge in [-0.15, -0.1) is 0 Å². The minimum atomic E-state index is -0.444. The van der Waals surface area contributed by atoms with Gasteiger partial charge in [0.1, 0.15) is 0 Å². The third kappa shape index (κ3) is 4.98. The molecule has 0 aliphatic carbocycles. The first kappa shape index (κ1) is 18.8. The third-order valence-electron chi connectivity index (χ3n) is 3.48. The molecule has 19 heavy (non-hydrogen) atoms. The summed E-state index contributed by atoms with van der Waals surface area (Å²) >= 11 is 0. The molecule has 0 saturated carbocycles. The first-order chi connectivity index (χ1) is 9.01. The van der Waals surface area contributed by atoms with Crippen molar-refractivity contribution in [1.29, 1.82) is 0 Å². The predicted octanol–water partition coefficient (Wildman–Crippen LogP) is 0.306. The van der Waals surface area contributed by atoms with E-state index in [0.29, 0.717) is 19.8 Å². The molecule has 6 heteroatoms. The van der Waals surface area contributed by atoms with Crippen LogP contribution in [0.2, 0.25) is 0 Å².